The number of hydrogen-bond donors (Lipinski definition) is 2. The molecule has 0 saturated carbocycles. The number of benzene rings is 1. The summed E-state index contributed by atoms with van der Waals surface area (Å²) in [5, 5.41) is 9.83. The van der Waals surface area contributed by atoms with Gasteiger partial charge in [-0.2, -0.15) is 0 Å². The molecule has 2 N–H and O–H groups in total. The number of hydrogen-bond acceptors (Lipinski definition) is 4. The number of aromatic amines is 1. The lowest BCUT2D eigenvalue weighted by atomic mass is 10.0. The van der Waals surface area contributed by atoms with Crippen molar-refractivity contribution in [2.45, 2.75) is 32.3 Å². The number of aliphatic hydroxyl groups excluding tert-OH is 1. The molecule has 0 aliphatic rings. The number of imidazole rings is 1. The van der Waals surface area contributed by atoms with E-state index in [1.165, 1.54) is 6.92 Å². The molecule has 1 heterocycles. The van der Waals surface area contributed by atoms with Crippen molar-refractivity contribution in [2.75, 3.05) is 6.61 Å². The predicted octanol–water partition coefficient (Wildman–Crippen LogP) is 2.43. The van der Waals surface area contributed by atoms with Crippen LogP contribution in [0.1, 0.15) is 37.1 Å². The number of H-pyrrole nitrogens is 1. The topological polar surface area (TPSA) is 75.2 Å². The van der Waals surface area contributed by atoms with Crippen LogP contribution >= 0.6 is 0 Å². The summed E-state index contributed by atoms with van der Waals surface area (Å²) in [7, 11) is 0. The van der Waals surface area contributed by atoms with E-state index in [0.717, 1.165) is 29.8 Å². The van der Waals surface area contributed by atoms with Crippen molar-refractivity contribution >= 4 is 5.78 Å². The van der Waals surface area contributed by atoms with Crippen LogP contribution in [-0.2, 0) is 11.2 Å². The minimum absolute atomic E-state index is 0.0267. The number of aryl methyl sites for hydroxylation is 1. The van der Waals surface area contributed by atoms with Crippen molar-refractivity contribution in [2.24, 2.45) is 0 Å². The van der Waals surface area contributed by atoms with Crippen LogP contribution in [0.5, 0.6) is 5.75 Å². The summed E-state index contributed by atoms with van der Waals surface area (Å²) >= 11 is 0. The van der Waals surface area contributed by atoms with Crippen LogP contribution in [0.25, 0.3) is 0 Å². The van der Waals surface area contributed by atoms with Gasteiger partial charge in [-0.1, -0.05) is 12.1 Å². The summed E-state index contributed by atoms with van der Waals surface area (Å²) in [6.07, 6.45) is 4.71. The van der Waals surface area contributed by atoms with Crippen LogP contribution in [0.2, 0.25) is 0 Å². The van der Waals surface area contributed by atoms with Gasteiger partial charge in [0.1, 0.15) is 11.5 Å². The molecule has 21 heavy (non-hydrogen) atoms. The lowest BCUT2D eigenvalue weighted by Crippen LogP contribution is -2.03. The fourth-order valence-electron chi connectivity index (χ4n) is 2.05. The third kappa shape index (κ3) is 5.04. The second-order valence-corrected chi connectivity index (χ2v) is 5.00. The lowest BCUT2D eigenvalue weighted by molar-refractivity contribution is -0.118. The van der Waals surface area contributed by atoms with Gasteiger partial charge in [0.15, 0.2) is 0 Å². The number of carbonyl (C=O) groups is 1. The summed E-state index contributed by atoms with van der Waals surface area (Å²) in [6, 6.07) is 7.20. The largest absolute Gasteiger partial charge is 0.494 e. The molecular weight excluding hydrogens is 268 g/mol. The first kappa shape index (κ1) is 15.3. The highest BCUT2D eigenvalue weighted by Gasteiger charge is 2.09. The lowest BCUT2D eigenvalue weighted by Gasteiger charge is -2.10. The Morgan fingerprint density at radius 2 is 2.14 bits per heavy atom. The zero-order valence-electron chi connectivity index (χ0n) is 12.1. The van der Waals surface area contributed by atoms with E-state index in [4.69, 9.17) is 4.74 Å². The molecule has 1 unspecified atom stereocenters. The Balaban J connectivity index is 1.75. The van der Waals surface area contributed by atoms with Gasteiger partial charge in [-0.05, 0) is 37.5 Å². The molecule has 1 aromatic carbocycles. The molecule has 0 fully saturated rings. The summed E-state index contributed by atoms with van der Waals surface area (Å²) in [4.78, 5) is 18.0. The molecule has 1 aromatic heterocycles. The van der Waals surface area contributed by atoms with Crippen LogP contribution < -0.4 is 4.74 Å². The minimum Gasteiger partial charge on any atom is -0.494 e. The molecule has 1 atom stereocenters. The highest BCUT2D eigenvalue weighted by atomic mass is 16.5. The van der Waals surface area contributed by atoms with Crippen molar-refractivity contribution in [3.63, 3.8) is 0 Å². The number of aromatic nitrogens is 2. The van der Waals surface area contributed by atoms with E-state index >= 15 is 0 Å². The molecule has 0 amide bonds. The third-order valence-corrected chi connectivity index (χ3v) is 3.15. The fraction of sp³-hybridized carbons (Fsp3) is 0.375. The number of nitrogens with one attached hydrogen (secondary N) is 1. The van der Waals surface area contributed by atoms with E-state index in [9.17, 15) is 9.90 Å². The van der Waals surface area contributed by atoms with Crippen molar-refractivity contribution in [3.05, 3.63) is 48.0 Å². The zero-order valence-corrected chi connectivity index (χ0v) is 12.1. The van der Waals surface area contributed by atoms with E-state index in [1.807, 2.05) is 18.3 Å². The molecule has 2 aromatic rings. The van der Waals surface area contributed by atoms with E-state index in [1.54, 1.807) is 18.5 Å². The van der Waals surface area contributed by atoms with E-state index in [0.29, 0.717) is 6.61 Å². The molecule has 5 nitrogen and oxygen atoms in total. The number of ether oxygens (including phenoxy) is 1. The van der Waals surface area contributed by atoms with Gasteiger partial charge in [0, 0.05) is 12.6 Å². The first-order valence-electron chi connectivity index (χ1n) is 7.03. The van der Waals surface area contributed by atoms with Gasteiger partial charge in [0.25, 0.3) is 0 Å². The summed E-state index contributed by atoms with van der Waals surface area (Å²) in [5.74, 6) is 0.733. The van der Waals surface area contributed by atoms with Gasteiger partial charge in [-0.25, -0.2) is 4.98 Å². The van der Waals surface area contributed by atoms with Crippen LogP contribution in [-0.4, -0.2) is 27.5 Å². The average Bonchev–Trinajstić information content (AvgIpc) is 2.97. The molecule has 0 spiro atoms. The van der Waals surface area contributed by atoms with E-state index < -0.39 is 6.10 Å². The maximum atomic E-state index is 11.0. The first-order chi connectivity index (χ1) is 10.1. The third-order valence-electron chi connectivity index (χ3n) is 3.15. The smallest absolute Gasteiger partial charge is 0.132 e. The normalized spacial score (nSPS) is 12.1. The number of rotatable bonds is 8. The van der Waals surface area contributed by atoms with E-state index in [-0.39, 0.29) is 12.2 Å². The highest BCUT2D eigenvalue weighted by molar-refractivity contribution is 5.76. The summed E-state index contributed by atoms with van der Waals surface area (Å²) < 4.78 is 5.63. The number of Topliss-reactive ketones (excluding diaryl/α,β-unsaturated/α-hetero) is 1. The predicted molar refractivity (Wildman–Crippen MR) is 79.1 cm³/mol. The van der Waals surface area contributed by atoms with Crippen LogP contribution in [0.15, 0.2) is 36.8 Å². The molecular formula is C16H20N2O3. The second-order valence-electron chi connectivity index (χ2n) is 5.00. The quantitative estimate of drug-likeness (QED) is 0.732. The molecule has 2 rings (SSSR count). The van der Waals surface area contributed by atoms with E-state index in [2.05, 4.69) is 9.97 Å². The van der Waals surface area contributed by atoms with Crippen molar-refractivity contribution < 1.29 is 14.6 Å². The Morgan fingerprint density at radius 1 is 1.38 bits per heavy atom. The first-order valence-corrected chi connectivity index (χ1v) is 7.03. The van der Waals surface area contributed by atoms with Crippen molar-refractivity contribution in [1.82, 2.24) is 9.97 Å². The fourth-order valence-corrected chi connectivity index (χ4v) is 2.05. The maximum Gasteiger partial charge on any atom is 0.132 e. The highest BCUT2D eigenvalue weighted by Crippen LogP contribution is 2.20. The zero-order chi connectivity index (χ0) is 15.1. The standard InChI is InChI=1S/C16H20N2O3/c1-12(19)9-16(20)13-4-6-15(7-5-13)21-8-2-3-14-10-17-11-18-14/h4-7,10-11,16,20H,2-3,8-9H2,1H3,(H,17,18). The van der Waals surface area contributed by atoms with Crippen molar-refractivity contribution in [1.29, 1.82) is 0 Å². The molecule has 0 saturated heterocycles. The van der Waals surface area contributed by atoms with Gasteiger partial charge >= 0.3 is 0 Å². The number of nitrogens with zero attached hydrogens (tertiary/aromatic N) is 1. The maximum absolute atomic E-state index is 11.0. The van der Waals surface area contributed by atoms with Gasteiger partial charge < -0.3 is 14.8 Å². The van der Waals surface area contributed by atoms with Crippen LogP contribution in [0, 0.1) is 0 Å². The molecule has 112 valence electrons. The van der Waals surface area contributed by atoms with Gasteiger partial charge in [0.05, 0.1) is 24.7 Å². The van der Waals surface area contributed by atoms with Gasteiger partial charge in [-0.3, -0.25) is 4.79 Å². The average molecular weight is 288 g/mol. The van der Waals surface area contributed by atoms with Crippen LogP contribution in [0.4, 0.5) is 0 Å². The van der Waals surface area contributed by atoms with Crippen LogP contribution in [0.3, 0.4) is 0 Å². The summed E-state index contributed by atoms with van der Waals surface area (Å²) in [6.45, 7) is 2.09. The number of aliphatic hydroxyl groups is 1. The Hall–Kier alpha value is -2.14. The summed E-state index contributed by atoms with van der Waals surface area (Å²) in [5.41, 5.74) is 1.76. The molecule has 0 aliphatic heterocycles. The Kier molecular flexibility index (Phi) is 5.51. The second kappa shape index (κ2) is 7.59. The Labute approximate surface area is 124 Å². The Bertz CT molecular complexity index is 549. The number of carbonyl (C=O) groups excluding carboxylic acids is 1. The SMILES string of the molecule is CC(=O)CC(O)c1ccc(OCCCc2c[nH]cn2)cc1. The molecule has 0 aliphatic carbocycles. The Morgan fingerprint density at radius 3 is 2.76 bits per heavy atom. The molecule has 0 bridgehead atoms. The monoisotopic (exact) mass is 288 g/mol. The van der Waals surface area contributed by atoms with Gasteiger partial charge in [0.2, 0.25) is 0 Å². The molecule has 0 radical (unpaired) electrons. The molecule has 5 heteroatoms. The van der Waals surface area contributed by atoms with Gasteiger partial charge in [-0.15, -0.1) is 0 Å². The van der Waals surface area contributed by atoms with Crippen molar-refractivity contribution in [3.8, 4) is 5.75 Å². The number of ketones is 1. The minimum atomic E-state index is -0.740.